The second kappa shape index (κ2) is 7.09. The number of rotatable bonds is 6. The molecule has 0 aliphatic carbocycles. The Morgan fingerprint density at radius 1 is 1.32 bits per heavy atom. The number of hydrogen-bond acceptors (Lipinski definition) is 4. The van der Waals surface area contributed by atoms with E-state index in [0.717, 1.165) is 0 Å². The molecule has 1 aromatic rings. The average molecular weight is 269 g/mol. The molecule has 0 heterocycles. The summed E-state index contributed by atoms with van der Waals surface area (Å²) in [5.74, 6) is -0.255. The van der Waals surface area contributed by atoms with Crippen LogP contribution in [0.3, 0.4) is 0 Å². The number of halogens is 1. The Morgan fingerprint density at radius 2 is 1.89 bits per heavy atom. The molecule has 0 saturated heterocycles. The molecule has 2 atom stereocenters. The van der Waals surface area contributed by atoms with E-state index in [-0.39, 0.29) is 12.7 Å². The highest BCUT2D eigenvalue weighted by atomic mass is 19.1. The van der Waals surface area contributed by atoms with Crippen molar-refractivity contribution in [2.24, 2.45) is 5.73 Å². The van der Waals surface area contributed by atoms with Crippen LogP contribution in [0.25, 0.3) is 0 Å². The molecule has 1 rings (SSSR count). The second-order valence-corrected chi connectivity index (χ2v) is 4.42. The summed E-state index contributed by atoms with van der Waals surface area (Å²) in [5, 5.41) is 0. The number of esters is 1. The van der Waals surface area contributed by atoms with Gasteiger partial charge in [-0.25, -0.2) is 9.18 Å². The lowest BCUT2D eigenvalue weighted by Gasteiger charge is -2.16. The topological polar surface area (TPSA) is 61.5 Å². The zero-order chi connectivity index (χ0) is 14.4. The Bertz CT molecular complexity index is 406. The van der Waals surface area contributed by atoms with Gasteiger partial charge in [0.15, 0.2) is 0 Å². The van der Waals surface area contributed by atoms with Crippen molar-refractivity contribution in [2.45, 2.75) is 39.1 Å². The highest BCUT2D eigenvalue weighted by Crippen LogP contribution is 2.21. The lowest BCUT2D eigenvalue weighted by molar-refractivity contribution is -0.149. The summed E-state index contributed by atoms with van der Waals surface area (Å²) < 4.78 is 23.8. The Labute approximate surface area is 112 Å². The molecule has 0 aliphatic heterocycles. The van der Waals surface area contributed by atoms with Crippen LogP contribution in [-0.2, 0) is 9.53 Å². The Hall–Kier alpha value is -1.62. The predicted molar refractivity (Wildman–Crippen MR) is 70.7 cm³/mol. The van der Waals surface area contributed by atoms with Crippen molar-refractivity contribution in [3.63, 3.8) is 0 Å². The molecular formula is C14H20FNO3. The van der Waals surface area contributed by atoms with Gasteiger partial charge in [0.1, 0.15) is 5.75 Å². The SMILES string of the molecule is CCOC(=O)C(F)[C@@H](N)c1ccc(OC(C)C)cc1. The highest BCUT2D eigenvalue weighted by Gasteiger charge is 2.27. The summed E-state index contributed by atoms with van der Waals surface area (Å²) >= 11 is 0. The predicted octanol–water partition coefficient (Wildman–Crippen LogP) is 2.37. The van der Waals surface area contributed by atoms with Gasteiger partial charge in [-0.3, -0.25) is 0 Å². The van der Waals surface area contributed by atoms with Gasteiger partial charge in [0.25, 0.3) is 0 Å². The van der Waals surface area contributed by atoms with Gasteiger partial charge in [-0.2, -0.15) is 0 Å². The molecule has 106 valence electrons. The summed E-state index contributed by atoms with van der Waals surface area (Å²) in [6.45, 7) is 5.58. The number of carbonyl (C=O) groups is 1. The summed E-state index contributed by atoms with van der Waals surface area (Å²) in [6.07, 6.45) is -1.80. The Morgan fingerprint density at radius 3 is 2.37 bits per heavy atom. The zero-order valence-electron chi connectivity index (χ0n) is 11.4. The van der Waals surface area contributed by atoms with Gasteiger partial charge in [0.05, 0.1) is 18.8 Å². The van der Waals surface area contributed by atoms with Gasteiger partial charge in [-0.1, -0.05) is 12.1 Å². The maximum atomic E-state index is 13.7. The van der Waals surface area contributed by atoms with Crippen molar-refractivity contribution in [2.75, 3.05) is 6.61 Å². The Balaban J connectivity index is 2.71. The van der Waals surface area contributed by atoms with E-state index in [9.17, 15) is 9.18 Å². The highest BCUT2D eigenvalue weighted by molar-refractivity contribution is 5.75. The monoisotopic (exact) mass is 269 g/mol. The van der Waals surface area contributed by atoms with Gasteiger partial charge in [0, 0.05) is 0 Å². The van der Waals surface area contributed by atoms with Crippen molar-refractivity contribution in [3.8, 4) is 5.75 Å². The van der Waals surface area contributed by atoms with Gasteiger partial charge < -0.3 is 15.2 Å². The van der Waals surface area contributed by atoms with Crippen LogP contribution >= 0.6 is 0 Å². The third-order valence-electron chi connectivity index (χ3n) is 2.46. The molecule has 19 heavy (non-hydrogen) atoms. The van der Waals surface area contributed by atoms with Crippen LogP contribution in [-0.4, -0.2) is 24.9 Å². The van der Waals surface area contributed by atoms with Gasteiger partial charge in [-0.05, 0) is 38.5 Å². The molecule has 0 saturated carbocycles. The molecule has 0 bridgehead atoms. The van der Waals surface area contributed by atoms with Crippen LogP contribution in [0.15, 0.2) is 24.3 Å². The van der Waals surface area contributed by atoms with Gasteiger partial charge in [-0.15, -0.1) is 0 Å². The minimum absolute atomic E-state index is 0.0629. The van der Waals surface area contributed by atoms with Crippen molar-refractivity contribution in [1.82, 2.24) is 0 Å². The molecule has 0 aromatic heterocycles. The van der Waals surface area contributed by atoms with E-state index in [2.05, 4.69) is 4.74 Å². The second-order valence-electron chi connectivity index (χ2n) is 4.42. The van der Waals surface area contributed by atoms with Crippen molar-refractivity contribution < 1.29 is 18.7 Å². The summed E-state index contributed by atoms with van der Waals surface area (Å²) in [4.78, 5) is 11.3. The quantitative estimate of drug-likeness (QED) is 0.805. The van der Waals surface area contributed by atoms with E-state index >= 15 is 0 Å². The molecule has 5 heteroatoms. The zero-order valence-corrected chi connectivity index (χ0v) is 11.4. The van der Waals surface area contributed by atoms with Crippen molar-refractivity contribution in [3.05, 3.63) is 29.8 Å². The normalized spacial score (nSPS) is 14.0. The van der Waals surface area contributed by atoms with E-state index in [1.54, 1.807) is 31.2 Å². The summed E-state index contributed by atoms with van der Waals surface area (Å²) in [5.41, 5.74) is 6.23. The van der Waals surface area contributed by atoms with E-state index in [1.165, 1.54) is 0 Å². The fourth-order valence-corrected chi connectivity index (χ4v) is 1.58. The van der Waals surface area contributed by atoms with Crippen LogP contribution in [0.2, 0.25) is 0 Å². The van der Waals surface area contributed by atoms with Crippen LogP contribution in [0, 0.1) is 0 Å². The fraction of sp³-hybridized carbons (Fsp3) is 0.500. The smallest absolute Gasteiger partial charge is 0.342 e. The molecule has 1 unspecified atom stereocenters. The Kier molecular flexibility index (Phi) is 5.76. The number of ether oxygens (including phenoxy) is 2. The number of nitrogens with two attached hydrogens (primary N) is 1. The third kappa shape index (κ3) is 4.52. The maximum absolute atomic E-state index is 13.7. The van der Waals surface area contributed by atoms with E-state index < -0.39 is 18.2 Å². The van der Waals surface area contributed by atoms with Crippen molar-refractivity contribution >= 4 is 5.97 Å². The molecule has 0 amide bonds. The van der Waals surface area contributed by atoms with Crippen LogP contribution in [0.5, 0.6) is 5.75 Å². The molecule has 0 aliphatic rings. The summed E-state index contributed by atoms with van der Waals surface area (Å²) in [6, 6.07) is 5.66. The number of benzene rings is 1. The number of carbonyl (C=O) groups excluding carboxylic acids is 1. The van der Waals surface area contributed by atoms with Crippen LogP contribution in [0.1, 0.15) is 32.4 Å². The van der Waals surface area contributed by atoms with Crippen molar-refractivity contribution in [1.29, 1.82) is 0 Å². The molecular weight excluding hydrogens is 249 g/mol. The van der Waals surface area contributed by atoms with Gasteiger partial charge >= 0.3 is 5.97 Å². The first-order valence-corrected chi connectivity index (χ1v) is 6.28. The lowest BCUT2D eigenvalue weighted by atomic mass is 10.0. The largest absolute Gasteiger partial charge is 0.491 e. The van der Waals surface area contributed by atoms with Crippen LogP contribution < -0.4 is 10.5 Å². The summed E-state index contributed by atoms with van der Waals surface area (Å²) in [7, 11) is 0. The average Bonchev–Trinajstić information content (AvgIpc) is 2.37. The van der Waals surface area contributed by atoms with Crippen LogP contribution in [0.4, 0.5) is 4.39 Å². The first-order valence-electron chi connectivity index (χ1n) is 6.28. The maximum Gasteiger partial charge on any atom is 0.342 e. The first-order chi connectivity index (χ1) is 8.95. The fourth-order valence-electron chi connectivity index (χ4n) is 1.58. The molecule has 0 fully saturated rings. The number of hydrogen-bond donors (Lipinski definition) is 1. The minimum Gasteiger partial charge on any atom is -0.491 e. The molecule has 4 nitrogen and oxygen atoms in total. The third-order valence-corrected chi connectivity index (χ3v) is 2.46. The van der Waals surface area contributed by atoms with E-state index in [1.807, 2.05) is 13.8 Å². The number of alkyl halides is 1. The van der Waals surface area contributed by atoms with Gasteiger partial charge in [0.2, 0.25) is 6.17 Å². The molecule has 1 aromatic carbocycles. The minimum atomic E-state index is -1.86. The molecule has 0 spiro atoms. The lowest BCUT2D eigenvalue weighted by Crippen LogP contribution is -2.31. The van der Waals surface area contributed by atoms with E-state index in [4.69, 9.17) is 10.5 Å². The first kappa shape index (κ1) is 15.4. The van der Waals surface area contributed by atoms with E-state index in [0.29, 0.717) is 11.3 Å². The standard InChI is InChI=1S/C14H20FNO3/c1-4-18-14(17)12(15)13(16)10-5-7-11(8-6-10)19-9(2)3/h5-9,12-13H,4,16H2,1-3H3/t12?,13-/m0/s1. The molecule has 0 radical (unpaired) electrons. The molecule has 2 N–H and O–H groups in total.